The summed E-state index contributed by atoms with van der Waals surface area (Å²) in [4.78, 5) is 12.8. The van der Waals surface area contributed by atoms with E-state index in [1.165, 1.54) is 0 Å². The van der Waals surface area contributed by atoms with E-state index in [4.69, 9.17) is 10.8 Å². The highest BCUT2D eigenvalue weighted by Gasteiger charge is 2.49. The lowest BCUT2D eigenvalue weighted by atomic mass is 9.97. The molecule has 2 rings (SSSR count). The fourth-order valence-corrected chi connectivity index (χ4v) is 5.33. The zero-order valence-electron chi connectivity index (χ0n) is 11.8. The van der Waals surface area contributed by atoms with Crippen molar-refractivity contribution in [2.45, 2.75) is 37.3 Å². The van der Waals surface area contributed by atoms with Gasteiger partial charge >= 0.3 is 5.97 Å². The van der Waals surface area contributed by atoms with Gasteiger partial charge in [0.1, 0.15) is 6.04 Å². The zero-order chi connectivity index (χ0) is 15.0. The Morgan fingerprint density at radius 1 is 1.40 bits per heavy atom. The summed E-state index contributed by atoms with van der Waals surface area (Å²) in [5, 5.41) is 8.74. The van der Waals surface area contributed by atoms with E-state index < -0.39 is 22.0 Å². The van der Waals surface area contributed by atoms with Gasteiger partial charge in [0, 0.05) is 18.6 Å². The number of likely N-dealkylation sites (tertiary alicyclic amines) is 1. The van der Waals surface area contributed by atoms with Crippen LogP contribution in [0.5, 0.6) is 0 Å². The first-order chi connectivity index (χ1) is 9.27. The quantitative estimate of drug-likeness (QED) is 0.695. The number of sulfonamides is 1. The van der Waals surface area contributed by atoms with Gasteiger partial charge in [0.15, 0.2) is 0 Å². The van der Waals surface area contributed by atoms with Gasteiger partial charge in [-0.3, -0.25) is 4.79 Å². The molecule has 7 nitrogen and oxygen atoms in total. The fourth-order valence-electron chi connectivity index (χ4n) is 3.32. The predicted molar refractivity (Wildman–Crippen MR) is 74.8 cm³/mol. The van der Waals surface area contributed by atoms with Gasteiger partial charge in [0.25, 0.3) is 0 Å². The third kappa shape index (κ3) is 2.98. The van der Waals surface area contributed by atoms with Crippen molar-refractivity contribution in [3.63, 3.8) is 0 Å². The molecule has 2 heterocycles. The van der Waals surface area contributed by atoms with Gasteiger partial charge in [-0.15, -0.1) is 0 Å². The summed E-state index contributed by atoms with van der Waals surface area (Å²) in [7, 11) is -1.44. The SMILES string of the molecule is CN1CCC2(CCCN2S(=O)(=O)CC[C@H](N)C(=O)O)C1. The molecule has 1 spiro atoms. The number of likely N-dealkylation sites (N-methyl/N-ethyl adjacent to an activating group) is 1. The Balaban J connectivity index is 2.07. The van der Waals surface area contributed by atoms with Crippen molar-refractivity contribution < 1.29 is 18.3 Å². The van der Waals surface area contributed by atoms with Crippen molar-refractivity contribution in [3.8, 4) is 0 Å². The highest BCUT2D eigenvalue weighted by molar-refractivity contribution is 7.89. The van der Waals surface area contributed by atoms with Gasteiger partial charge in [0.05, 0.1) is 5.75 Å². The Morgan fingerprint density at radius 3 is 2.65 bits per heavy atom. The number of hydrogen-bond acceptors (Lipinski definition) is 5. The van der Waals surface area contributed by atoms with Gasteiger partial charge in [-0.05, 0) is 39.3 Å². The molecule has 2 aliphatic rings. The molecule has 0 aromatic carbocycles. The molecule has 0 saturated carbocycles. The Labute approximate surface area is 119 Å². The number of carbonyl (C=O) groups is 1. The van der Waals surface area contributed by atoms with Crippen LogP contribution in [0.2, 0.25) is 0 Å². The largest absolute Gasteiger partial charge is 0.480 e. The molecule has 0 radical (unpaired) electrons. The second kappa shape index (κ2) is 5.59. The fraction of sp³-hybridized carbons (Fsp3) is 0.917. The summed E-state index contributed by atoms with van der Waals surface area (Å²) in [5.41, 5.74) is 5.12. The summed E-state index contributed by atoms with van der Waals surface area (Å²) < 4.78 is 26.6. The molecule has 0 aromatic heterocycles. The molecule has 2 fully saturated rings. The summed E-state index contributed by atoms with van der Waals surface area (Å²) in [5.74, 6) is -1.34. The summed E-state index contributed by atoms with van der Waals surface area (Å²) in [6.45, 7) is 2.20. The number of nitrogens with two attached hydrogens (primary N) is 1. The minimum atomic E-state index is -3.44. The normalized spacial score (nSPS) is 30.1. The first-order valence-electron chi connectivity index (χ1n) is 6.94. The molecule has 0 aromatic rings. The third-order valence-electron chi connectivity index (χ3n) is 4.40. The van der Waals surface area contributed by atoms with E-state index in [0.29, 0.717) is 6.54 Å². The van der Waals surface area contributed by atoms with Gasteiger partial charge in [-0.2, -0.15) is 4.31 Å². The van der Waals surface area contributed by atoms with Crippen LogP contribution in [-0.2, 0) is 14.8 Å². The maximum absolute atomic E-state index is 12.5. The van der Waals surface area contributed by atoms with Crippen LogP contribution in [0, 0.1) is 0 Å². The summed E-state index contributed by atoms with van der Waals surface area (Å²) >= 11 is 0. The second-order valence-electron chi connectivity index (χ2n) is 5.94. The second-order valence-corrected chi connectivity index (χ2v) is 7.95. The number of rotatable bonds is 5. The first-order valence-corrected chi connectivity index (χ1v) is 8.55. The lowest BCUT2D eigenvalue weighted by Gasteiger charge is -2.34. The van der Waals surface area contributed by atoms with Crippen molar-refractivity contribution in [3.05, 3.63) is 0 Å². The van der Waals surface area contributed by atoms with Crippen molar-refractivity contribution in [2.24, 2.45) is 5.73 Å². The van der Waals surface area contributed by atoms with E-state index in [1.54, 1.807) is 4.31 Å². The molecule has 2 atom stereocenters. The van der Waals surface area contributed by atoms with E-state index in [9.17, 15) is 13.2 Å². The van der Waals surface area contributed by atoms with Crippen LogP contribution >= 0.6 is 0 Å². The van der Waals surface area contributed by atoms with Crippen molar-refractivity contribution in [2.75, 3.05) is 32.4 Å². The van der Waals surface area contributed by atoms with Gasteiger partial charge in [0.2, 0.25) is 10.0 Å². The minimum Gasteiger partial charge on any atom is -0.480 e. The van der Waals surface area contributed by atoms with E-state index in [-0.39, 0.29) is 17.7 Å². The Bertz CT molecular complexity index is 481. The van der Waals surface area contributed by atoms with Crippen LogP contribution in [0.1, 0.15) is 25.7 Å². The summed E-state index contributed by atoms with van der Waals surface area (Å²) in [6.07, 6.45) is 2.58. The maximum Gasteiger partial charge on any atom is 0.320 e. The number of aliphatic carboxylic acids is 1. The van der Waals surface area contributed by atoms with Crippen molar-refractivity contribution in [1.29, 1.82) is 0 Å². The molecule has 2 aliphatic heterocycles. The topological polar surface area (TPSA) is 104 Å². The molecule has 8 heteroatoms. The molecule has 20 heavy (non-hydrogen) atoms. The third-order valence-corrected chi connectivity index (χ3v) is 6.39. The Kier molecular flexibility index (Phi) is 4.38. The van der Waals surface area contributed by atoms with Crippen LogP contribution in [0.15, 0.2) is 0 Å². The number of carboxylic acid groups (broad SMARTS) is 1. The van der Waals surface area contributed by atoms with Crippen LogP contribution < -0.4 is 5.73 Å². The zero-order valence-corrected chi connectivity index (χ0v) is 12.6. The van der Waals surface area contributed by atoms with Crippen LogP contribution in [-0.4, -0.2) is 72.7 Å². The van der Waals surface area contributed by atoms with E-state index in [1.807, 2.05) is 7.05 Å². The van der Waals surface area contributed by atoms with Crippen molar-refractivity contribution in [1.82, 2.24) is 9.21 Å². The molecule has 3 N–H and O–H groups in total. The predicted octanol–water partition coefficient (Wildman–Crippen LogP) is -0.712. The minimum absolute atomic E-state index is 0.0416. The number of nitrogens with zero attached hydrogens (tertiary/aromatic N) is 2. The molecular formula is C12H23N3O4S. The molecule has 0 bridgehead atoms. The molecule has 116 valence electrons. The molecule has 0 amide bonds. The van der Waals surface area contributed by atoms with Crippen molar-refractivity contribution >= 4 is 16.0 Å². The highest BCUT2D eigenvalue weighted by atomic mass is 32.2. The van der Waals surface area contributed by atoms with Crippen LogP contribution in [0.3, 0.4) is 0 Å². The van der Waals surface area contributed by atoms with Gasteiger partial charge < -0.3 is 15.7 Å². The molecule has 2 saturated heterocycles. The smallest absolute Gasteiger partial charge is 0.320 e. The number of hydrogen-bond donors (Lipinski definition) is 2. The molecular weight excluding hydrogens is 282 g/mol. The van der Waals surface area contributed by atoms with Crippen LogP contribution in [0.25, 0.3) is 0 Å². The highest BCUT2D eigenvalue weighted by Crippen LogP contribution is 2.39. The molecule has 0 aliphatic carbocycles. The Morgan fingerprint density at radius 2 is 2.10 bits per heavy atom. The maximum atomic E-state index is 12.5. The Hall–Kier alpha value is -0.700. The standard InChI is InChI=1S/C12H23N3O4S/c1-14-7-5-12(9-14)4-2-6-15(12)20(18,19)8-3-10(13)11(16)17/h10H,2-9,13H2,1H3,(H,16,17)/t10-,12?/m0/s1. The monoisotopic (exact) mass is 305 g/mol. The molecule has 1 unspecified atom stereocenters. The van der Waals surface area contributed by atoms with Gasteiger partial charge in [-0.1, -0.05) is 0 Å². The van der Waals surface area contributed by atoms with E-state index in [2.05, 4.69) is 4.90 Å². The average molecular weight is 305 g/mol. The van der Waals surface area contributed by atoms with Gasteiger partial charge in [-0.25, -0.2) is 8.42 Å². The van der Waals surface area contributed by atoms with E-state index in [0.717, 1.165) is 32.4 Å². The average Bonchev–Trinajstić information content (AvgIpc) is 2.94. The lowest BCUT2D eigenvalue weighted by Crippen LogP contribution is -2.50. The van der Waals surface area contributed by atoms with E-state index >= 15 is 0 Å². The van der Waals surface area contributed by atoms with Crippen LogP contribution in [0.4, 0.5) is 0 Å². The number of carboxylic acids is 1. The first kappa shape index (κ1) is 15.7. The summed E-state index contributed by atoms with van der Waals surface area (Å²) in [6, 6.07) is -1.12. The lowest BCUT2D eigenvalue weighted by molar-refractivity contribution is -0.138.